The second-order valence-electron chi connectivity index (χ2n) is 4.48. The number of hydrogen-bond acceptors (Lipinski definition) is 3. The third-order valence-electron chi connectivity index (χ3n) is 3.26. The zero-order valence-electron chi connectivity index (χ0n) is 10.8. The lowest BCUT2D eigenvalue weighted by molar-refractivity contribution is -0.141. The number of carbonyl (C=O) groups excluding carboxylic acids is 1. The van der Waals surface area contributed by atoms with Crippen molar-refractivity contribution in [1.29, 1.82) is 0 Å². The number of nitrogens with one attached hydrogen (secondary N) is 1. The Bertz CT molecular complexity index is 503. The first-order valence-electron chi connectivity index (χ1n) is 5.98. The van der Waals surface area contributed by atoms with E-state index in [4.69, 9.17) is 9.84 Å². The average molecular weight is 264 g/mol. The summed E-state index contributed by atoms with van der Waals surface area (Å²) in [5, 5.41) is 11.6. The summed E-state index contributed by atoms with van der Waals surface area (Å²) in [6.07, 6.45) is 0. The second-order valence-corrected chi connectivity index (χ2v) is 4.48. The molecule has 0 aromatic heterocycles. The van der Waals surface area contributed by atoms with Gasteiger partial charge in [0.15, 0.2) is 0 Å². The summed E-state index contributed by atoms with van der Waals surface area (Å²) in [5.41, 5.74) is 0.909. The molecule has 2 rings (SSSR count). The number of fused-ring (bicyclic) bond motifs is 1. The van der Waals surface area contributed by atoms with Gasteiger partial charge in [-0.05, 0) is 13.0 Å². The Kier molecular flexibility index (Phi) is 3.59. The predicted octanol–water partition coefficient (Wildman–Crippen LogP) is 1.23. The van der Waals surface area contributed by atoms with Gasteiger partial charge in [-0.25, -0.2) is 9.59 Å². The fourth-order valence-electron chi connectivity index (χ4n) is 1.87. The lowest BCUT2D eigenvalue weighted by atomic mass is 10.1. The molecule has 2 atom stereocenters. The van der Waals surface area contributed by atoms with Gasteiger partial charge in [0.2, 0.25) is 0 Å². The summed E-state index contributed by atoms with van der Waals surface area (Å²) < 4.78 is 5.45. The molecular weight excluding hydrogens is 248 g/mol. The number of ether oxygens (including phenoxy) is 1. The Balaban J connectivity index is 2.03. The summed E-state index contributed by atoms with van der Waals surface area (Å²) in [7, 11) is 1.45. The minimum Gasteiger partial charge on any atom is -0.491 e. The summed E-state index contributed by atoms with van der Waals surface area (Å²) in [4.78, 5) is 23.9. The van der Waals surface area contributed by atoms with Crippen LogP contribution >= 0.6 is 0 Å². The van der Waals surface area contributed by atoms with Crippen LogP contribution in [0.2, 0.25) is 0 Å². The number of hydrogen-bond donors (Lipinski definition) is 2. The maximum Gasteiger partial charge on any atom is 0.326 e. The highest BCUT2D eigenvalue weighted by Crippen LogP contribution is 2.31. The number of carbonyl (C=O) groups is 2. The van der Waals surface area contributed by atoms with E-state index in [9.17, 15) is 9.59 Å². The fourth-order valence-corrected chi connectivity index (χ4v) is 1.87. The third kappa shape index (κ3) is 2.62. The van der Waals surface area contributed by atoms with Crippen LogP contribution < -0.4 is 10.1 Å². The number of likely N-dealkylation sites (N-methyl/N-ethyl adjacent to an activating group) is 1. The number of rotatable bonds is 3. The van der Waals surface area contributed by atoms with Gasteiger partial charge in [-0.3, -0.25) is 0 Å². The molecule has 1 aromatic carbocycles. The van der Waals surface area contributed by atoms with Crippen LogP contribution in [-0.4, -0.2) is 41.7 Å². The number of urea groups is 1. The molecule has 0 saturated heterocycles. The van der Waals surface area contributed by atoms with Gasteiger partial charge in [0.1, 0.15) is 18.4 Å². The Labute approximate surface area is 111 Å². The summed E-state index contributed by atoms with van der Waals surface area (Å²) in [6, 6.07) is 5.90. The van der Waals surface area contributed by atoms with E-state index >= 15 is 0 Å². The highest BCUT2D eigenvalue weighted by atomic mass is 16.5. The Hall–Kier alpha value is -2.24. The maximum atomic E-state index is 12.0. The smallest absolute Gasteiger partial charge is 0.326 e. The van der Waals surface area contributed by atoms with Gasteiger partial charge in [-0.15, -0.1) is 0 Å². The zero-order chi connectivity index (χ0) is 14.0. The SMILES string of the molecule is CC(C(=O)O)N(C)C(=O)NC1COc2ccccc21. The van der Waals surface area contributed by atoms with Crippen molar-refractivity contribution >= 4 is 12.0 Å². The highest BCUT2D eigenvalue weighted by molar-refractivity contribution is 5.82. The van der Waals surface area contributed by atoms with Gasteiger partial charge in [0.25, 0.3) is 0 Å². The van der Waals surface area contributed by atoms with Crippen LogP contribution in [0.15, 0.2) is 24.3 Å². The lowest BCUT2D eigenvalue weighted by Crippen LogP contribution is -2.47. The molecule has 2 unspecified atom stereocenters. The van der Waals surface area contributed by atoms with Crippen molar-refractivity contribution in [2.75, 3.05) is 13.7 Å². The van der Waals surface area contributed by atoms with E-state index < -0.39 is 18.0 Å². The molecule has 2 amide bonds. The topological polar surface area (TPSA) is 78.9 Å². The van der Waals surface area contributed by atoms with Crippen molar-refractivity contribution in [2.24, 2.45) is 0 Å². The van der Waals surface area contributed by atoms with Crippen LogP contribution in [0.3, 0.4) is 0 Å². The number of aliphatic carboxylic acids is 1. The van der Waals surface area contributed by atoms with Gasteiger partial charge in [-0.1, -0.05) is 18.2 Å². The van der Waals surface area contributed by atoms with Gasteiger partial charge >= 0.3 is 12.0 Å². The first kappa shape index (κ1) is 13.2. The molecule has 1 heterocycles. The Morgan fingerprint density at radius 2 is 2.16 bits per heavy atom. The summed E-state index contributed by atoms with van der Waals surface area (Å²) >= 11 is 0. The number of benzene rings is 1. The van der Waals surface area contributed by atoms with Crippen LogP contribution in [0.4, 0.5) is 4.79 Å². The predicted molar refractivity (Wildman–Crippen MR) is 68.1 cm³/mol. The first-order chi connectivity index (χ1) is 9.00. The van der Waals surface area contributed by atoms with Crippen LogP contribution in [0.25, 0.3) is 0 Å². The van der Waals surface area contributed by atoms with Crippen LogP contribution in [0.1, 0.15) is 18.5 Å². The summed E-state index contributed by atoms with van der Waals surface area (Å²) in [5.74, 6) is -0.289. The molecule has 0 fully saturated rings. The Morgan fingerprint density at radius 1 is 1.47 bits per heavy atom. The molecule has 0 spiro atoms. The molecule has 6 nitrogen and oxygen atoms in total. The van der Waals surface area contributed by atoms with Crippen LogP contribution in [0, 0.1) is 0 Å². The number of para-hydroxylation sites is 1. The monoisotopic (exact) mass is 264 g/mol. The number of amides is 2. The van der Waals surface area contributed by atoms with Crippen molar-refractivity contribution in [1.82, 2.24) is 10.2 Å². The summed E-state index contributed by atoms with van der Waals surface area (Å²) in [6.45, 7) is 1.82. The molecule has 1 aliphatic heterocycles. The normalized spacial score (nSPS) is 18.1. The van der Waals surface area contributed by atoms with E-state index in [1.807, 2.05) is 24.3 Å². The number of carboxylic acids is 1. The average Bonchev–Trinajstić information content (AvgIpc) is 2.80. The molecule has 19 heavy (non-hydrogen) atoms. The molecular formula is C13H16N2O4. The van der Waals surface area contributed by atoms with Gasteiger partial charge in [0.05, 0.1) is 6.04 Å². The molecule has 1 aromatic rings. The third-order valence-corrected chi connectivity index (χ3v) is 3.26. The van der Waals surface area contributed by atoms with Crippen molar-refractivity contribution in [3.8, 4) is 5.75 Å². The van der Waals surface area contributed by atoms with E-state index in [2.05, 4.69) is 5.32 Å². The number of nitrogens with zero attached hydrogens (tertiary/aromatic N) is 1. The van der Waals surface area contributed by atoms with E-state index in [0.717, 1.165) is 16.2 Å². The van der Waals surface area contributed by atoms with E-state index in [1.165, 1.54) is 14.0 Å². The zero-order valence-corrected chi connectivity index (χ0v) is 10.8. The first-order valence-corrected chi connectivity index (χ1v) is 5.98. The largest absolute Gasteiger partial charge is 0.491 e. The van der Waals surface area contributed by atoms with Crippen LogP contribution in [-0.2, 0) is 4.79 Å². The molecule has 0 radical (unpaired) electrons. The molecule has 102 valence electrons. The minimum atomic E-state index is -1.04. The molecule has 2 N–H and O–H groups in total. The van der Waals surface area contributed by atoms with Crippen molar-refractivity contribution in [2.45, 2.75) is 19.0 Å². The standard InChI is InChI=1S/C13H16N2O4/c1-8(12(16)17)15(2)13(18)14-10-7-19-11-6-4-3-5-9(10)11/h3-6,8,10H,7H2,1-2H3,(H,14,18)(H,16,17). The molecule has 0 aliphatic carbocycles. The Morgan fingerprint density at radius 3 is 2.84 bits per heavy atom. The molecule has 0 bridgehead atoms. The van der Waals surface area contributed by atoms with Gasteiger partial charge in [-0.2, -0.15) is 0 Å². The van der Waals surface area contributed by atoms with E-state index in [0.29, 0.717) is 6.61 Å². The van der Waals surface area contributed by atoms with Crippen molar-refractivity contribution in [3.63, 3.8) is 0 Å². The number of carboxylic acid groups (broad SMARTS) is 1. The van der Waals surface area contributed by atoms with Crippen molar-refractivity contribution < 1.29 is 19.4 Å². The molecule has 0 saturated carbocycles. The maximum absolute atomic E-state index is 12.0. The van der Waals surface area contributed by atoms with Crippen molar-refractivity contribution in [3.05, 3.63) is 29.8 Å². The second kappa shape index (κ2) is 5.17. The van der Waals surface area contributed by atoms with Crippen LogP contribution in [0.5, 0.6) is 5.75 Å². The lowest BCUT2D eigenvalue weighted by Gasteiger charge is -2.23. The van der Waals surface area contributed by atoms with E-state index in [1.54, 1.807) is 0 Å². The molecule has 1 aliphatic rings. The fraction of sp³-hybridized carbons (Fsp3) is 0.385. The minimum absolute atomic E-state index is 0.243. The quantitative estimate of drug-likeness (QED) is 0.860. The highest BCUT2D eigenvalue weighted by Gasteiger charge is 2.28. The van der Waals surface area contributed by atoms with Gasteiger partial charge in [0, 0.05) is 12.6 Å². The van der Waals surface area contributed by atoms with Gasteiger partial charge < -0.3 is 20.1 Å². The van der Waals surface area contributed by atoms with E-state index in [-0.39, 0.29) is 6.04 Å². The molecule has 6 heteroatoms.